The molecule has 0 aliphatic heterocycles. The van der Waals surface area contributed by atoms with E-state index in [2.05, 4.69) is 15.9 Å². The van der Waals surface area contributed by atoms with Crippen LogP contribution in [0.4, 0.5) is 5.69 Å². The lowest BCUT2D eigenvalue weighted by Crippen LogP contribution is -2.00. The van der Waals surface area contributed by atoms with E-state index < -0.39 is 0 Å². The first kappa shape index (κ1) is 8.88. The smallest absolute Gasteiger partial charge is 0.135 e. The van der Waals surface area contributed by atoms with Gasteiger partial charge in [0, 0.05) is 11.8 Å². The molecular formula is C10H12BrNO. The molecule has 1 fully saturated rings. The molecule has 2 N–H and O–H groups in total. The van der Waals surface area contributed by atoms with Crippen LogP contribution in [-0.2, 0) is 0 Å². The van der Waals surface area contributed by atoms with Gasteiger partial charge >= 0.3 is 0 Å². The highest BCUT2D eigenvalue weighted by atomic mass is 79.9. The second-order valence-corrected chi connectivity index (χ2v) is 4.30. The summed E-state index contributed by atoms with van der Waals surface area (Å²) >= 11 is 3.42. The third-order valence-electron chi connectivity index (χ3n) is 2.13. The van der Waals surface area contributed by atoms with Crippen molar-refractivity contribution in [3.8, 4) is 5.75 Å². The summed E-state index contributed by atoms with van der Waals surface area (Å²) in [6.07, 6.45) is 2.61. The summed E-state index contributed by atoms with van der Waals surface area (Å²) in [6, 6.07) is 5.62. The van der Waals surface area contributed by atoms with Crippen LogP contribution in [0.25, 0.3) is 0 Å². The maximum absolute atomic E-state index is 5.65. The van der Waals surface area contributed by atoms with E-state index in [1.807, 2.05) is 18.2 Å². The van der Waals surface area contributed by atoms with Crippen LogP contribution in [0, 0.1) is 5.92 Å². The molecule has 1 saturated carbocycles. The molecule has 0 aromatic heterocycles. The van der Waals surface area contributed by atoms with Gasteiger partial charge in [-0.05, 0) is 46.8 Å². The maximum atomic E-state index is 5.65. The monoisotopic (exact) mass is 241 g/mol. The van der Waals surface area contributed by atoms with E-state index in [-0.39, 0.29) is 0 Å². The first-order valence-electron chi connectivity index (χ1n) is 4.43. The fraction of sp³-hybridized carbons (Fsp3) is 0.400. The van der Waals surface area contributed by atoms with Crippen LogP contribution in [0.2, 0.25) is 0 Å². The third-order valence-corrected chi connectivity index (χ3v) is 2.78. The molecule has 3 heteroatoms. The van der Waals surface area contributed by atoms with Gasteiger partial charge in [0.15, 0.2) is 0 Å². The molecule has 2 nitrogen and oxygen atoms in total. The average molecular weight is 242 g/mol. The fourth-order valence-electron chi connectivity index (χ4n) is 1.12. The first-order valence-corrected chi connectivity index (χ1v) is 5.23. The molecule has 70 valence electrons. The number of nitrogens with two attached hydrogens (primary N) is 1. The van der Waals surface area contributed by atoms with Crippen molar-refractivity contribution in [3.63, 3.8) is 0 Å². The van der Waals surface area contributed by atoms with Gasteiger partial charge < -0.3 is 10.5 Å². The highest BCUT2D eigenvalue weighted by Gasteiger charge is 2.22. The minimum atomic E-state index is 0.744. The Labute approximate surface area is 86.2 Å². The summed E-state index contributed by atoms with van der Waals surface area (Å²) in [5.41, 5.74) is 6.39. The molecule has 0 heterocycles. The summed E-state index contributed by atoms with van der Waals surface area (Å²) in [7, 11) is 0. The molecule has 0 amide bonds. The Morgan fingerprint density at radius 3 is 2.92 bits per heavy atom. The van der Waals surface area contributed by atoms with E-state index in [0.717, 1.165) is 28.4 Å². The molecular weight excluding hydrogens is 230 g/mol. The van der Waals surface area contributed by atoms with Crippen molar-refractivity contribution < 1.29 is 4.74 Å². The number of anilines is 1. The molecule has 1 aliphatic carbocycles. The molecule has 13 heavy (non-hydrogen) atoms. The number of nitrogen functional groups attached to an aromatic ring is 1. The highest BCUT2D eigenvalue weighted by molar-refractivity contribution is 9.10. The van der Waals surface area contributed by atoms with Crippen molar-refractivity contribution >= 4 is 21.6 Å². The Hall–Kier alpha value is -0.700. The molecule has 0 bridgehead atoms. The molecule has 0 spiro atoms. The van der Waals surface area contributed by atoms with E-state index >= 15 is 0 Å². The van der Waals surface area contributed by atoms with Gasteiger partial charge in [0.2, 0.25) is 0 Å². The van der Waals surface area contributed by atoms with E-state index in [0.29, 0.717) is 0 Å². The van der Waals surface area contributed by atoms with Crippen molar-refractivity contribution in [2.45, 2.75) is 12.8 Å². The Kier molecular flexibility index (Phi) is 2.44. The predicted octanol–water partition coefficient (Wildman–Crippen LogP) is 2.82. The number of hydrogen-bond acceptors (Lipinski definition) is 2. The van der Waals surface area contributed by atoms with Gasteiger partial charge in [0.05, 0.1) is 11.1 Å². The standard InChI is InChI=1S/C10H12BrNO/c11-9-4-3-8(12)5-10(9)13-6-7-1-2-7/h3-5,7H,1-2,6,12H2. The lowest BCUT2D eigenvalue weighted by molar-refractivity contribution is 0.298. The van der Waals surface area contributed by atoms with Crippen molar-refractivity contribution in [3.05, 3.63) is 22.7 Å². The Bertz CT molecular complexity index is 310. The van der Waals surface area contributed by atoms with Crippen LogP contribution in [0.3, 0.4) is 0 Å². The normalized spacial score (nSPS) is 15.8. The number of benzene rings is 1. The molecule has 0 radical (unpaired) electrons. The lowest BCUT2D eigenvalue weighted by Gasteiger charge is -2.07. The second kappa shape index (κ2) is 3.58. The van der Waals surface area contributed by atoms with Gasteiger partial charge in [-0.15, -0.1) is 0 Å². The van der Waals surface area contributed by atoms with E-state index in [1.54, 1.807) is 0 Å². The Balaban J connectivity index is 2.03. The Morgan fingerprint density at radius 1 is 1.46 bits per heavy atom. The topological polar surface area (TPSA) is 35.2 Å². The second-order valence-electron chi connectivity index (χ2n) is 3.44. The van der Waals surface area contributed by atoms with Crippen LogP contribution < -0.4 is 10.5 Å². The summed E-state index contributed by atoms with van der Waals surface area (Å²) in [4.78, 5) is 0. The molecule has 1 aromatic carbocycles. The van der Waals surface area contributed by atoms with Crippen LogP contribution in [0.5, 0.6) is 5.75 Å². The van der Waals surface area contributed by atoms with Crippen LogP contribution in [0.1, 0.15) is 12.8 Å². The van der Waals surface area contributed by atoms with Crippen LogP contribution in [-0.4, -0.2) is 6.61 Å². The van der Waals surface area contributed by atoms with Gasteiger partial charge in [-0.25, -0.2) is 0 Å². The largest absolute Gasteiger partial charge is 0.492 e. The van der Waals surface area contributed by atoms with Crippen molar-refractivity contribution in [1.29, 1.82) is 0 Å². The SMILES string of the molecule is Nc1ccc(Br)c(OCC2CC2)c1. The zero-order valence-corrected chi connectivity index (χ0v) is 8.88. The minimum absolute atomic E-state index is 0.744. The predicted molar refractivity (Wildman–Crippen MR) is 56.8 cm³/mol. The van der Waals surface area contributed by atoms with E-state index in [1.165, 1.54) is 12.8 Å². The summed E-state index contributed by atoms with van der Waals surface area (Å²) in [5.74, 6) is 1.63. The minimum Gasteiger partial charge on any atom is -0.492 e. The van der Waals surface area contributed by atoms with E-state index in [9.17, 15) is 0 Å². The summed E-state index contributed by atoms with van der Waals surface area (Å²) in [6.45, 7) is 0.821. The number of rotatable bonds is 3. The van der Waals surface area contributed by atoms with Gasteiger partial charge in [0.1, 0.15) is 5.75 Å². The lowest BCUT2D eigenvalue weighted by atomic mass is 10.3. The zero-order chi connectivity index (χ0) is 9.26. The van der Waals surface area contributed by atoms with Gasteiger partial charge in [-0.2, -0.15) is 0 Å². The van der Waals surface area contributed by atoms with Gasteiger partial charge in [-0.1, -0.05) is 0 Å². The summed E-state index contributed by atoms with van der Waals surface area (Å²) < 4.78 is 6.59. The van der Waals surface area contributed by atoms with Crippen LogP contribution in [0.15, 0.2) is 22.7 Å². The maximum Gasteiger partial charge on any atom is 0.135 e. The van der Waals surface area contributed by atoms with Gasteiger partial charge in [0.25, 0.3) is 0 Å². The molecule has 0 atom stereocenters. The van der Waals surface area contributed by atoms with Gasteiger partial charge in [-0.3, -0.25) is 0 Å². The number of hydrogen-bond donors (Lipinski definition) is 1. The quantitative estimate of drug-likeness (QED) is 0.827. The molecule has 2 rings (SSSR count). The zero-order valence-electron chi connectivity index (χ0n) is 7.29. The van der Waals surface area contributed by atoms with Crippen molar-refractivity contribution in [2.24, 2.45) is 5.92 Å². The van der Waals surface area contributed by atoms with Crippen LogP contribution >= 0.6 is 15.9 Å². The number of halogens is 1. The molecule has 1 aliphatic rings. The van der Waals surface area contributed by atoms with E-state index in [4.69, 9.17) is 10.5 Å². The molecule has 1 aromatic rings. The van der Waals surface area contributed by atoms with Crippen molar-refractivity contribution in [2.75, 3.05) is 12.3 Å². The fourth-order valence-corrected chi connectivity index (χ4v) is 1.48. The molecule has 0 saturated heterocycles. The Morgan fingerprint density at radius 2 is 2.23 bits per heavy atom. The number of ether oxygens (including phenoxy) is 1. The molecule has 0 unspecified atom stereocenters. The summed E-state index contributed by atoms with van der Waals surface area (Å²) in [5, 5.41) is 0. The highest BCUT2D eigenvalue weighted by Crippen LogP contribution is 2.32. The van der Waals surface area contributed by atoms with Crippen molar-refractivity contribution in [1.82, 2.24) is 0 Å². The third kappa shape index (κ3) is 2.37. The average Bonchev–Trinajstić information content (AvgIpc) is 2.90. The first-order chi connectivity index (χ1) is 6.25.